The monoisotopic (exact) mass is 145 g/mol. The van der Waals surface area contributed by atoms with E-state index in [0.717, 1.165) is 19.3 Å². The molecule has 10 heavy (non-hydrogen) atoms. The zero-order chi connectivity index (χ0) is 7.56. The van der Waals surface area contributed by atoms with E-state index < -0.39 is 12.2 Å². The first-order valence-electron chi connectivity index (χ1n) is 3.79. The van der Waals surface area contributed by atoms with Crippen molar-refractivity contribution in [3.63, 3.8) is 0 Å². The number of likely N-dealkylation sites (N-methyl/N-ethyl adjacent to an activating group) is 1. The number of hydrogen-bond donors (Lipinski definition) is 3. The van der Waals surface area contributed by atoms with Gasteiger partial charge in [0.25, 0.3) is 0 Å². The smallest absolute Gasteiger partial charge is 0.0951 e. The average molecular weight is 145 g/mol. The molecule has 0 aromatic rings. The maximum Gasteiger partial charge on any atom is 0.0951 e. The van der Waals surface area contributed by atoms with Crippen LogP contribution in [0, 0.1) is 0 Å². The van der Waals surface area contributed by atoms with Gasteiger partial charge in [-0.2, -0.15) is 0 Å². The Kier molecular flexibility index (Phi) is 2.65. The second kappa shape index (κ2) is 3.32. The van der Waals surface area contributed by atoms with Crippen LogP contribution in [0.1, 0.15) is 19.3 Å². The molecule has 1 aliphatic carbocycles. The zero-order valence-corrected chi connectivity index (χ0v) is 6.25. The van der Waals surface area contributed by atoms with E-state index in [9.17, 15) is 10.2 Å². The van der Waals surface area contributed by atoms with Crippen LogP contribution in [-0.2, 0) is 0 Å². The van der Waals surface area contributed by atoms with Gasteiger partial charge in [0.15, 0.2) is 0 Å². The van der Waals surface area contributed by atoms with Gasteiger partial charge >= 0.3 is 0 Å². The highest BCUT2D eigenvalue weighted by Crippen LogP contribution is 2.18. The molecule has 1 aliphatic rings. The summed E-state index contributed by atoms with van der Waals surface area (Å²) in [7, 11) is 1.81. The summed E-state index contributed by atoms with van der Waals surface area (Å²) in [5.74, 6) is 0. The predicted molar refractivity (Wildman–Crippen MR) is 38.7 cm³/mol. The molecule has 0 amide bonds. The summed E-state index contributed by atoms with van der Waals surface area (Å²) in [5, 5.41) is 21.5. The summed E-state index contributed by atoms with van der Waals surface area (Å²) in [6.45, 7) is 0. The molecule has 3 nitrogen and oxygen atoms in total. The van der Waals surface area contributed by atoms with E-state index in [1.54, 1.807) is 0 Å². The molecule has 3 N–H and O–H groups in total. The van der Waals surface area contributed by atoms with Crippen LogP contribution < -0.4 is 5.32 Å². The van der Waals surface area contributed by atoms with Crippen LogP contribution in [0.15, 0.2) is 0 Å². The lowest BCUT2D eigenvalue weighted by molar-refractivity contribution is -0.0276. The Morgan fingerprint density at radius 1 is 1.30 bits per heavy atom. The summed E-state index contributed by atoms with van der Waals surface area (Å²) < 4.78 is 0. The molecule has 0 bridgehead atoms. The fraction of sp³-hybridized carbons (Fsp3) is 1.00. The molecule has 60 valence electrons. The van der Waals surface area contributed by atoms with Crippen molar-refractivity contribution in [3.8, 4) is 0 Å². The van der Waals surface area contributed by atoms with Crippen molar-refractivity contribution in [2.24, 2.45) is 0 Å². The van der Waals surface area contributed by atoms with Crippen LogP contribution in [0.2, 0.25) is 0 Å². The molecule has 0 spiro atoms. The summed E-state index contributed by atoms with van der Waals surface area (Å²) in [6, 6.07) is 0.0868. The average Bonchev–Trinajstić information content (AvgIpc) is 1.95. The molecule has 0 aliphatic heterocycles. The zero-order valence-electron chi connectivity index (χ0n) is 6.25. The molecule has 3 unspecified atom stereocenters. The molecule has 3 atom stereocenters. The molecule has 1 rings (SSSR count). The minimum absolute atomic E-state index is 0.0868. The fourth-order valence-electron chi connectivity index (χ4n) is 1.47. The van der Waals surface area contributed by atoms with Gasteiger partial charge in [-0.05, 0) is 26.3 Å². The van der Waals surface area contributed by atoms with E-state index in [0.29, 0.717) is 0 Å². The topological polar surface area (TPSA) is 52.5 Å². The molecule has 1 saturated carbocycles. The Morgan fingerprint density at radius 2 is 2.00 bits per heavy atom. The second-order valence-electron chi connectivity index (χ2n) is 2.88. The minimum atomic E-state index is -0.571. The molecule has 1 fully saturated rings. The second-order valence-corrected chi connectivity index (χ2v) is 2.88. The van der Waals surface area contributed by atoms with Crippen LogP contribution in [-0.4, -0.2) is 35.5 Å². The van der Waals surface area contributed by atoms with Crippen molar-refractivity contribution >= 4 is 0 Å². The maximum absolute atomic E-state index is 9.32. The van der Waals surface area contributed by atoms with E-state index in [1.807, 2.05) is 7.05 Å². The van der Waals surface area contributed by atoms with Gasteiger partial charge in [-0.1, -0.05) is 0 Å². The first-order chi connectivity index (χ1) is 4.75. The lowest BCUT2D eigenvalue weighted by atomic mass is 9.90. The summed E-state index contributed by atoms with van der Waals surface area (Å²) >= 11 is 0. The van der Waals surface area contributed by atoms with Gasteiger partial charge in [-0.15, -0.1) is 0 Å². The highest BCUT2D eigenvalue weighted by atomic mass is 16.3. The lowest BCUT2D eigenvalue weighted by Gasteiger charge is -2.31. The van der Waals surface area contributed by atoms with Crippen molar-refractivity contribution in [1.29, 1.82) is 0 Å². The molecular formula is C7H15NO2. The van der Waals surface area contributed by atoms with Gasteiger partial charge in [0, 0.05) is 6.04 Å². The lowest BCUT2D eigenvalue weighted by Crippen LogP contribution is -2.47. The van der Waals surface area contributed by atoms with Crippen LogP contribution in [0.4, 0.5) is 0 Å². The Balaban J connectivity index is 2.42. The first-order valence-corrected chi connectivity index (χ1v) is 3.79. The SMILES string of the molecule is CNC1CCCC(O)C1O. The number of aliphatic hydroxyl groups excluding tert-OH is 2. The number of nitrogens with one attached hydrogen (secondary N) is 1. The van der Waals surface area contributed by atoms with Gasteiger partial charge in [-0.3, -0.25) is 0 Å². The van der Waals surface area contributed by atoms with Gasteiger partial charge in [-0.25, -0.2) is 0 Å². The fourth-order valence-corrected chi connectivity index (χ4v) is 1.47. The largest absolute Gasteiger partial charge is 0.390 e. The highest BCUT2D eigenvalue weighted by molar-refractivity contribution is 4.85. The van der Waals surface area contributed by atoms with Crippen LogP contribution in [0.3, 0.4) is 0 Å². The third-order valence-electron chi connectivity index (χ3n) is 2.19. The molecule has 0 aromatic carbocycles. The summed E-state index contributed by atoms with van der Waals surface area (Å²) in [6.07, 6.45) is 1.61. The van der Waals surface area contributed by atoms with Crippen molar-refractivity contribution in [3.05, 3.63) is 0 Å². The van der Waals surface area contributed by atoms with E-state index in [2.05, 4.69) is 5.32 Å². The van der Waals surface area contributed by atoms with Crippen LogP contribution in [0.5, 0.6) is 0 Å². The molecule has 0 saturated heterocycles. The molecule has 0 heterocycles. The minimum Gasteiger partial charge on any atom is -0.390 e. The highest BCUT2D eigenvalue weighted by Gasteiger charge is 2.28. The number of rotatable bonds is 1. The van der Waals surface area contributed by atoms with Crippen LogP contribution in [0.25, 0.3) is 0 Å². The van der Waals surface area contributed by atoms with Crippen molar-refractivity contribution in [2.75, 3.05) is 7.05 Å². The summed E-state index contributed by atoms with van der Waals surface area (Å²) in [5.41, 5.74) is 0. The van der Waals surface area contributed by atoms with E-state index >= 15 is 0 Å². The number of aliphatic hydroxyl groups is 2. The van der Waals surface area contributed by atoms with Gasteiger partial charge in [0.2, 0.25) is 0 Å². The maximum atomic E-state index is 9.32. The quantitative estimate of drug-likeness (QED) is 0.465. The van der Waals surface area contributed by atoms with Crippen LogP contribution >= 0.6 is 0 Å². The molecule has 0 aromatic heterocycles. The molecule has 3 heteroatoms. The van der Waals surface area contributed by atoms with E-state index in [4.69, 9.17) is 0 Å². The van der Waals surface area contributed by atoms with Crippen molar-refractivity contribution in [1.82, 2.24) is 5.32 Å². The predicted octanol–water partition coefficient (Wildman–Crippen LogP) is -0.520. The molecule has 0 radical (unpaired) electrons. The Bertz CT molecular complexity index is 108. The Hall–Kier alpha value is -0.120. The van der Waals surface area contributed by atoms with E-state index in [-0.39, 0.29) is 6.04 Å². The van der Waals surface area contributed by atoms with Gasteiger partial charge < -0.3 is 15.5 Å². The third kappa shape index (κ3) is 1.48. The molecular weight excluding hydrogens is 130 g/mol. The Morgan fingerprint density at radius 3 is 2.50 bits per heavy atom. The van der Waals surface area contributed by atoms with Crippen molar-refractivity contribution < 1.29 is 10.2 Å². The normalized spacial score (nSPS) is 41.7. The first kappa shape index (κ1) is 7.98. The van der Waals surface area contributed by atoms with Gasteiger partial charge in [0.1, 0.15) is 0 Å². The van der Waals surface area contributed by atoms with E-state index in [1.165, 1.54) is 0 Å². The number of hydrogen-bond acceptors (Lipinski definition) is 3. The van der Waals surface area contributed by atoms with Crippen molar-refractivity contribution in [2.45, 2.75) is 37.5 Å². The Labute approximate surface area is 61.1 Å². The third-order valence-corrected chi connectivity index (χ3v) is 2.19. The standard InChI is InChI=1S/C7H15NO2/c1-8-5-3-2-4-6(9)7(5)10/h5-10H,2-4H2,1H3. The summed E-state index contributed by atoms with van der Waals surface area (Å²) in [4.78, 5) is 0. The van der Waals surface area contributed by atoms with Gasteiger partial charge in [0.05, 0.1) is 12.2 Å².